The Kier molecular flexibility index (Phi) is 3.48. The Balaban J connectivity index is 1.75. The summed E-state index contributed by atoms with van der Waals surface area (Å²) in [6.07, 6.45) is 3.74. The second-order valence-corrected chi connectivity index (χ2v) is 5.05. The standard InChI is InChI=1S/C16H16N2O3/c1-10-3-4-17-8-12(10)6-16(19)18-13-7-15-14(5-11(13)2)20-9-21-15/h3-5,7-8H,6,9H2,1-2H3,(H,18,19). The van der Waals surface area contributed by atoms with Gasteiger partial charge in [-0.15, -0.1) is 0 Å². The number of hydrogen-bond acceptors (Lipinski definition) is 4. The van der Waals surface area contributed by atoms with Gasteiger partial charge in [0.15, 0.2) is 11.5 Å². The minimum absolute atomic E-state index is 0.0759. The number of hydrogen-bond donors (Lipinski definition) is 1. The molecule has 0 unspecified atom stereocenters. The molecule has 3 rings (SSSR count). The topological polar surface area (TPSA) is 60.5 Å². The minimum atomic E-state index is -0.0759. The molecule has 0 aliphatic carbocycles. The summed E-state index contributed by atoms with van der Waals surface area (Å²) in [6.45, 7) is 4.12. The molecule has 1 amide bonds. The van der Waals surface area contributed by atoms with Crippen LogP contribution in [0.3, 0.4) is 0 Å². The van der Waals surface area contributed by atoms with Crippen LogP contribution in [-0.2, 0) is 11.2 Å². The van der Waals surface area contributed by atoms with Gasteiger partial charge in [0, 0.05) is 24.1 Å². The Bertz CT molecular complexity index is 698. The molecule has 2 heterocycles. The lowest BCUT2D eigenvalue weighted by Crippen LogP contribution is -2.15. The SMILES string of the molecule is Cc1ccncc1CC(=O)Nc1cc2c(cc1C)OCO2. The van der Waals surface area contributed by atoms with E-state index >= 15 is 0 Å². The number of nitrogens with zero attached hydrogens (tertiary/aromatic N) is 1. The second-order valence-electron chi connectivity index (χ2n) is 5.05. The highest BCUT2D eigenvalue weighted by Gasteiger charge is 2.17. The van der Waals surface area contributed by atoms with E-state index in [2.05, 4.69) is 10.3 Å². The summed E-state index contributed by atoms with van der Waals surface area (Å²) in [5, 5.41) is 2.91. The van der Waals surface area contributed by atoms with E-state index in [1.807, 2.05) is 26.0 Å². The summed E-state index contributed by atoms with van der Waals surface area (Å²) in [7, 11) is 0. The van der Waals surface area contributed by atoms with Gasteiger partial charge in [-0.3, -0.25) is 9.78 Å². The van der Waals surface area contributed by atoms with Gasteiger partial charge < -0.3 is 14.8 Å². The molecule has 1 aliphatic heterocycles. The van der Waals surface area contributed by atoms with E-state index in [1.54, 1.807) is 18.5 Å². The number of carbonyl (C=O) groups excluding carboxylic acids is 1. The number of fused-ring (bicyclic) bond motifs is 1. The van der Waals surface area contributed by atoms with Gasteiger partial charge in [0.05, 0.1) is 6.42 Å². The van der Waals surface area contributed by atoms with Crippen LogP contribution in [0, 0.1) is 13.8 Å². The molecule has 0 spiro atoms. The molecule has 1 aromatic carbocycles. The van der Waals surface area contributed by atoms with E-state index in [9.17, 15) is 4.79 Å². The summed E-state index contributed by atoms with van der Waals surface area (Å²) in [4.78, 5) is 16.2. The molecule has 0 radical (unpaired) electrons. The highest BCUT2D eigenvalue weighted by molar-refractivity contribution is 5.93. The fourth-order valence-corrected chi connectivity index (χ4v) is 2.23. The monoisotopic (exact) mass is 284 g/mol. The number of amides is 1. The Morgan fingerprint density at radius 3 is 2.76 bits per heavy atom. The van der Waals surface area contributed by atoms with Crippen LogP contribution >= 0.6 is 0 Å². The number of rotatable bonds is 3. The lowest BCUT2D eigenvalue weighted by atomic mass is 10.1. The zero-order valence-electron chi connectivity index (χ0n) is 12.0. The first-order chi connectivity index (χ1) is 10.1. The third-order valence-electron chi connectivity index (χ3n) is 3.49. The highest BCUT2D eigenvalue weighted by atomic mass is 16.7. The molecule has 21 heavy (non-hydrogen) atoms. The number of benzene rings is 1. The zero-order valence-corrected chi connectivity index (χ0v) is 12.0. The van der Waals surface area contributed by atoms with E-state index < -0.39 is 0 Å². The van der Waals surface area contributed by atoms with Crippen molar-refractivity contribution >= 4 is 11.6 Å². The van der Waals surface area contributed by atoms with Crippen LogP contribution in [0.2, 0.25) is 0 Å². The number of ether oxygens (including phenoxy) is 2. The molecule has 5 nitrogen and oxygen atoms in total. The molecule has 0 atom stereocenters. The van der Waals surface area contributed by atoms with Crippen molar-refractivity contribution in [2.24, 2.45) is 0 Å². The van der Waals surface area contributed by atoms with Gasteiger partial charge in [-0.2, -0.15) is 0 Å². The number of aromatic nitrogens is 1. The molecule has 2 aromatic rings. The van der Waals surface area contributed by atoms with Gasteiger partial charge >= 0.3 is 0 Å². The lowest BCUT2D eigenvalue weighted by molar-refractivity contribution is -0.115. The number of pyridine rings is 1. The van der Waals surface area contributed by atoms with Crippen molar-refractivity contribution < 1.29 is 14.3 Å². The second kappa shape index (κ2) is 5.44. The van der Waals surface area contributed by atoms with Crippen LogP contribution in [0.5, 0.6) is 11.5 Å². The van der Waals surface area contributed by atoms with Gasteiger partial charge in [0.1, 0.15) is 0 Å². The van der Waals surface area contributed by atoms with Crippen LogP contribution in [-0.4, -0.2) is 17.7 Å². The first-order valence-corrected chi connectivity index (χ1v) is 6.73. The third-order valence-corrected chi connectivity index (χ3v) is 3.49. The van der Waals surface area contributed by atoms with Gasteiger partial charge in [-0.05, 0) is 42.7 Å². The number of aryl methyl sites for hydroxylation is 2. The molecule has 1 aliphatic rings. The molecule has 0 saturated carbocycles. The molecular weight excluding hydrogens is 268 g/mol. The third kappa shape index (κ3) is 2.81. The van der Waals surface area contributed by atoms with Crippen molar-refractivity contribution in [2.75, 3.05) is 12.1 Å². The van der Waals surface area contributed by atoms with Crippen molar-refractivity contribution in [3.05, 3.63) is 47.3 Å². The zero-order chi connectivity index (χ0) is 14.8. The van der Waals surface area contributed by atoms with Crippen molar-refractivity contribution in [3.8, 4) is 11.5 Å². The van der Waals surface area contributed by atoms with E-state index in [1.165, 1.54) is 0 Å². The first kappa shape index (κ1) is 13.4. The van der Waals surface area contributed by atoms with Crippen LogP contribution in [0.25, 0.3) is 0 Å². The Morgan fingerprint density at radius 1 is 1.24 bits per heavy atom. The average Bonchev–Trinajstić information content (AvgIpc) is 2.89. The van der Waals surface area contributed by atoms with Crippen molar-refractivity contribution in [1.29, 1.82) is 0 Å². The fraction of sp³-hybridized carbons (Fsp3) is 0.250. The van der Waals surface area contributed by atoms with Crippen LogP contribution in [0.1, 0.15) is 16.7 Å². The number of carbonyl (C=O) groups is 1. The minimum Gasteiger partial charge on any atom is -0.454 e. The first-order valence-electron chi connectivity index (χ1n) is 6.73. The highest BCUT2D eigenvalue weighted by Crippen LogP contribution is 2.36. The maximum atomic E-state index is 12.2. The molecule has 108 valence electrons. The van der Waals surface area contributed by atoms with Crippen molar-refractivity contribution in [1.82, 2.24) is 4.98 Å². The maximum Gasteiger partial charge on any atom is 0.231 e. The molecule has 1 N–H and O–H groups in total. The van der Waals surface area contributed by atoms with E-state index in [4.69, 9.17) is 9.47 Å². The fourth-order valence-electron chi connectivity index (χ4n) is 2.23. The van der Waals surface area contributed by atoms with Crippen LogP contribution in [0.4, 0.5) is 5.69 Å². The molecule has 0 saturated heterocycles. The molecule has 1 aromatic heterocycles. The lowest BCUT2D eigenvalue weighted by Gasteiger charge is -2.10. The average molecular weight is 284 g/mol. The Labute approximate surface area is 122 Å². The predicted molar refractivity (Wildman–Crippen MR) is 78.6 cm³/mol. The summed E-state index contributed by atoms with van der Waals surface area (Å²) < 4.78 is 10.6. The smallest absolute Gasteiger partial charge is 0.231 e. The Morgan fingerprint density at radius 2 is 2.00 bits per heavy atom. The van der Waals surface area contributed by atoms with Crippen molar-refractivity contribution in [2.45, 2.75) is 20.3 Å². The van der Waals surface area contributed by atoms with E-state index in [0.717, 1.165) is 22.4 Å². The van der Waals surface area contributed by atoms with Crippen LogP contribution < -0.4 is 14.8 Å². The largest absolute Gasteiger partial charge is 0.454 e. The molecule has 5 heteroatoms. The van der Waals surface area contributed by atoms with E-state index in [0.29, 0.717) is 17.9 Å². The quantitative estimate of drug-likeness (QED) is 0.941. The van der Waals surface area contributed by atoms with Gasteiger partial charge in [0.25, 0.3) is 0 Å². The predicted octanol–water partition coefficient (Wildman–Crippen LogP) is 2.61. The summed E-state index contributed by atoms with van der Waals surface area (Å²) in [6, 6.07) is 5.56. The molecular formula is C16H16N2O3. The molecule has 0 fully saturated rings. The van der Waals surface area contributed by atoms with Gasteiger partial charge in [-0.1, -0.05) is 0 Å². The van der Waals surface area contributed by atoms with Gasteiger partial charge in [-0.25, -0.2) is 0 Å². The maximum absolute atomic E-state index is 12.2. The Hall–Kier alpha value is -2.56. The summed E-state index contributed by atoms with van der Waals surface area (Å²) >= 11 is 0. The van der Waals surface area contributed by atoms with Crippen molar-refractivity contribution in [3.63, 3.8) is 0 Å². The normalized spacial score (nSPS) is 12.3. The summed E-state index contributed by atoms with van der Waals surface area (Å²) in [5.74, 6) is 1.30. The van der Waals surface area contributed by atoms with E-state index in [-0.39, 0.29) is 12.7 Å². The number of nitrogens with one attached hydrogen (secondary N) is 1. The summed E-state index contributed by atoms with van der Waals surface area (Å²) in [5.41, 5.74) is 3.66. The van der Waals surface area contributed by atoms with Gasteiger partial charge in [0.2, 0.25) is 12.7 Å². The van der Waals surface area contributed by atoms with Crippen LogP contribution in [0.15, 0.2) is 30.6 Å². The number of anilines is 1. The molecule has 0 bridgehead atoms.